The lowest BCUT2D eigenvalue weighted by molar-refractivity contribution is 0.0685. The fraction of sp³-hybridized carbons (Fsp3) is 0.167. The Labute approximate surface area is 96.7 Å². The molecule has 17 heavy (non-hydrogen) atoms. The number of aromatic carboxylic acids is 1. The molecule has 1 aromatic carbocycles. The lowest BCUT2D eigenvalue weighted by Gasteiger charge is -1.99. The highest BCUT2D eigenvalue weighted by Gasteiger charge is 2.20. The minimum Gasteiger partial charge on any atom is -0.476 e. The molecule has 88 valence electrons. The van der Waals surface area contributed by atoms with E-state index in [0.29, 0.717) is 23.3 Å². The summed E-state index contributed by atoms with van der Waals surface area (Å²) in [6, 6.07) is 5.64. The molecule has 0 radical (unpaired) electrons. The molecule has 2 aromatic rings. The number of carboxylic acids is 1. The van der Waals surface area contributed by atoms with Gasteiger partial charge >= 0.3 is 5.97 Å². The number of rotatable bonds is 3. The third-order valence-corrected chi connectivity index (χ3v) is 2.45. The lowest BCUT2D eigenvalue weighted by Crippen LogP contribution is -2.00. The van der Waals surface area contributed by atoms with E-state index in [9.17, 15) is 9.18 Å². The van der Waals surface area contributed by atoms with Gasteiger partial charge in [-0.25, -0.2) is 9.18 Å². The van der Waals surface area contributed by atoms with E-state index in [-0.39, 0.29) is 11.5 Å². The van der Waals surface area contributed by atoms with Crippen molar-refractivity contribution in [2.75, 3.05) is 0 Å². The van der Waals surface area contributed by atoms with Gasteiger partial charge in [-0.05, 0) is 30.7 Å². The smallest absolute Gasteiger partial charge is 0.358 e. The normalized spacial score (nSPS) is 10.5. The van der Waals surface area contributed by atoms with E-state index in [4.69, 9.17) is 9.63 Å². The van der Waals surface area contributed by atoms with E-state index >= 15 is 0 Å². The van der Waals surface area contributed by atoms with Crippen molar-refractivity contribution in [1.82, 2.24) is 5.16 Å². The molecule has 0 fully saturated rings. The molecule has 0 aliphatic heterocycles. The van der Waals surface area contributed by atoms with Gasteiger partial charge in [0.1, 0.15) is 5.82 Å². The van der Waals surface area contributed by atoms with Crippen molar-refractivity contribution < 1.29 is 18.8 Å². The molecule has 0 spiro atoms. The van der Waals surface area contributed by atoms with Gasteiger partial charge in [0, 0.05) is 11.1 Å². The minimum atomic E-state index is -1.13. The Bertz CT molecular complexity index is 545. The second-order valence-corrected chi connectivity index (χ2v) is 3.50. The van der Waals surface area contributed by atoms with Crippen molar-refractivity contribution in [3.8, 4) is 11.3 Å². The van der Waals surface area contributed by atoms with Crippen LogP contribution in [0.1, 0.15) is 23.0 Å². The zero-order valence-corrected chi connectivity index (χ0v) is 9.11. The van der Waals surface area contributed by atoms with Crippen LogP contribution in [-0.4, -0.2) is 16.2 Å². The van der Waals surface area contributed by atoms with Crippen LogP contribution in [0.5, 0.6) is 0 Å². The Kier molecular flexibility index (Phi) is 2.91. The summed E-state index contributed by atoms with van der Waals surface area (Å²) in [5.74, 6) is -1.10. The molecule has 5 heteroatoms. The average molecular weight is 235 g/mol. The standard InChI is InChI=1S/C12H10FNO3/c1-2-9-10(12(15)16)14-17-11(9)7-3-5-8(13)6-4-7/h3-6H,2H2,1H3,(H,15,16). The van der Waals surface area contributed by atoms with Crippen LogP contribution in [0.2, 0.25) is 0 Å². The van der Waals surface area contributed by atoms with E-state index in [1.807, 2.05) is 6.92 Å². The lowest BCUT2D eigenvalue weighted by atomic mass is 10.0. The summed E-state index contributed by atoms with van der Waals surface area (Å²) in [6.45, 7) is 1.81. The topological polar surface area (TPSA) is 63.3 Å². The van der Waals surface area contributed by atoms with Gasteiger partial charge in [-0.3, -0.25) is 0 Å². The van der Waals surface area contributed by atoms with Crippen LogP contribution in [0.3, 0.4) is 0 Å². The maximum atomic E-state index is 12.8. The number of hydrogen-bond donors (Lipinski definition) is 1. The van der Waals surface area contributed by atoms with Crippen LogP contribution in [0, 0.1) is 5.82 Å². The minimum absolute atomic E-state index is 0.0909. The molecular formula is C12H10FNO3. The summed E-state index contributed by atoms with van der Waals surface area (Å²) < 4.78 is 17.8. The van der Waals surface area contributed by atoms with Crippen LogP contribution in [0.4, 0.5) is 4.39 Å². The number of nitrogens with zero attached hydrogens (tertiary/aromatic N) is 1. The number of hydrogen-bond acceptors (Lipinski definition) is 3. The van der Waals surface area contributed by atoms with Gasteiger partial charge in [0.15, 0.2) is 11.5 Å². The van der Waals surface area contributed by atoms with E-state index < -0.39 is 5.97 Å². The van der Waals surface area contributed by atoms with Gasteiger partial charge in [0.05, 0.1) is 0 Å². The number of aromatic nitrogens is 1. The van der Waals surface area contributed by atoms with Crippen LogP contribution in [0.15, 0.2) is 28.8 Å². The fourth-order valence-corrected chi connectivity index (χ4v) is 1.63. The molecule has 1 heterocycles. The molecule has 0 atom stereocenters. The zero-order valence-electron chi connectivity index (χ0n) is 9.11. The molecule has 4 nitrogen and oxygen atoms in total. The van der Waals surface area contributed by atoms with Crippen molar-refractivity contribution in [2.24, 2.45) is 0 Å². The molecule has 0 amide bonds. The highest BCUT2D eigenvalue weighted by Crippen LogP contribution is 2.27. The van der Waals surface area contributed by atoms with Gasteiger partial charge in [-0.2, -0.15) is 0 Å². The molecule has 0 aliphatic carbocycles. The first kappa shape index (κ1) is 11.3. The molecular weight excluding hydrogens is 225 g/mol. The molecule has 1 aromatic heterocycles. The third kappa shape index (κ3) is 2.04. The van der Waals surface area contributed by atoms with Crippen molar-refractivity contribution in [2.45, 2.75) is 13.3 Å². The van der Waals surface area contributed by atoms with Crippen molar-refractivity contribution in [1.29, 1.82) is 0 Å². The van der Waals surface area contributed by atoms with E-state index in [1.54, 1.807) is 0 Å². The predicted octanol–water partition coefficient (Wildman–Crippen LogP) is 2.74. The van der Waals surface area contributed by atoms with Crippen LogP contribution in [-0.2, 0) is 6.42 Å². The highest BCUT2D eigenvalue weighted by molar-refractivity contribution is 5.89. The number of carboxylic acid groups (broad SMARTS) is 1. The summed E-state index contributed by atoms with van der Waals surface area (Å²) in [4.78, 5) is 10.9. The number of benzene rings is 1. The second-order valence-electron chi connectivity index (χ2n) is 3.50. The Morgan fingerprint density at radius 3 is 2.59 bits per heavy atom. The van der Waals surface area contributed by atoms with Crippen molar-refractivity contribution in [3.63, 3.8) is 0 Å². The van der Waals surface area contributed by atoms with E-state index in [2.05, 4.69) is 5.16 Å². The summed E-state index contributed by atoms with van der Waals surface area (Å²) in [5.41, 5.74) is 1.04. The van der Waals surface area contributed by atoms with Crippen LogP contribution >= 0.6 is 0 Å². The molecule has 0 aliphatic rings. The van der Waals surface area contributed by atoms with Gasteiger partial charge in [0.2, 0.25) is 0 Å². The average Bonchev–Trinajstić information content (AvgIpc) is 2.73. The Hall–Kier alpha value is -2.17. The van der Waals surface area contributed by atoms with Crippen molar-refractivity contribution >= 4 is 5.97 Å². The Balaban J connectivity index is 2.52. The monoisotopic (exact) mass is 235 g/mol. The molecule has 0 bridgehead atoms. The number of carbonyl (C=O) groups is 1. The third-order valence-electron chi connectivity index (χ3n) is 2.45. The fourth-order valence-electron chi connectivity index (χ4n) is 1.63. The van der Waals surface area contributed by atoms with Gasteiger partial charge in [-0.15, -0.1) is 0 Å². The zero-order chi connectivity index (χ0) is 12.4. The quantitative estimate of drug-likeness (QED) is 0.888. The maximum absolute atomic E-state index is 12.8. The van der Waals surface area contributed by atoms with E-state index in [1.165, 1.54) is 24.3 Å². The van der Waals surface area contributed by atoms with Gasteiger partial charge in [0.25, 0.3) is 0 Å². The van der Waals surface area contributed by atoms with Crippen LogP contribution < -0.4 is 0 Å². The van der Waals surface area contributed by atoms with Crippen molar-refractivity contribution in [3.05, 3.63) is 41.3 Å². The largest absolute Gasteiger partial charge is 0.476 e. The van der Waals surface area contributed by atoms with E-state index in [0.717, 1.165) is 0 Å². The molecule has 0 saturated heterocycles. The highest BCUT2D eigenvalue weighted by atomic mass is 19.1. The molecule has 0 saturated carbocycles. The van der Waals surface area contributed by atoms with Crippen LogP contribution in [0.25, 0.3) is 11.3 Å². The first-order valence-corrected chi connectivity index (χ1v) is 5.11. The summed E-state index contributed by atoms with van der Waals surface area (Å²) in [6.07, 6.45) is 0.484. The first-order chi connectivity index (χ1) is 8.13. The predicted molar refractivity (Wildman–Crippen MR) is 58.2 cm³/mol. The van der Waals surface area contributed by atoms with Gasteiger partial charge < -0.3 is 9.63 Å². The Morgan fingerprint density at radius 2 is 2.06 bits per heavy atom. The molecule has 2 rings (SSSR count). The molecule has 0 unspecified atom stereocenters. The van der Waals surface area contributed by atoms with Gasteiger partial charge in [-0.1, -0.05) is 12.1 Å². The Morgan fingerprint density at radius 1 is 1.41 bits per heavy atom. The SMILES string of the molecule is CCc1c(C(=O)O)noc1-c1ccc(F)cc1. The first-order valence-electron chi connectivity index (χ1n) is 5.11. The second kappa shape index (κ2) is 4.37. The molecule has 1 N–H and O–H groups in total. The maximum Gasteiger partial charge on any atom is 0.358 e. The number of halogens is 1. The summed E-state index contributed by atoms with van der Waals surface area (Å²) in [5, 5.41) is 12.4. The summed E-state index contributed by atoms with van der Waals surface area (Å²) >= 11 is 0. The summed E-state index contributed by atoms with van der Waals surface area (Å²) in [7, 11) is 0.